The number of aryl methyl sites for hydroxylation is 2. The molecule has 11 heteroatoms. The second kappa shape index (κ2) is 9.87. The van der Waals surface area contributed by atoms with Gasteiger partial charge in [0.25, 0.3) is 0 Å². The zero-order chi connectivity index (χ0) is 27.4. The highest BCUT2D eigenvalue weighted by Gasteiger charge is 2.41. The van der Waals surface area contributed by atoms with Gasteiger partial charge in [-0.1, -0.05) is 19.9 Å². The summed E-state index contributed by atoms with van der Waals surface area (Å²) in [6.07, 6.45) is 3.20. The number of imidazole rings is 1. The van der Waals surface area contributed by atoms with Gasteiger partial charge in [-0.15, -0.1) is 0 Å². The lowest BCUT2D eigenvalue weighted by molar-refractivity contribution is 0.117. The van der Waals surface area contributed by atoms with Crippen molar-refractivity contribution in [3.63, 3.8) is 0 Å². The third-order valence-electron chi connectivity index (χ3n) is 8.05. The number of fused-ring (bicyclic) bond motifs is 3. The van der Waals surface area contributed by atoms with Crippen LogP contribution in [0.25, 0.3) is 11.0 Å². The number of carbonyl (C=O) groups excluding carboxylic acids is 1. The standard InChI is InChI=1S/C27H35N5O5S/c1-16(2)18-5-9-23-24(12-18)30(4)27(35)32(23)26(34)29-19-13-20-6-7-21(14-19)31(20)15-28-38(36,37)25-10-8-22(33)11-17(25)3/h5,8-12,16,19-21,28,33H,6-7,13-15H2,1-4H3,(H,29,34). The Hall–Kier alpha value is -3.15. The normalized spacial score (nSPS) is 21.9. The summed E-state index contributed by atoms with van der Waals surface area (Å²) in [6.45, 7) is 6.00. The second-order valence-electron chi connectivity index (χ2n) is 10.9. The van der Waals surface area contributed by atoms with Gasteiger partial charge in [0.2, 0.25) is 10.0 Å². The molecule has 3 aromatic rings. The van der Waals surface area contributed by atoms with Crippen LogP contribution in [-0.2, 0) is 17.1 Å². The van der Waals surface area contributed by atoms with Crippen molar-refractivity contribution in [2.24, 2.45) is 7.05 Å². The van der Waals surface area contributed by atoms with E-state index in [2.05, 4.69) is 28.8 Å². The summed E-state index contributed by atoms with van der Waals surface area (Å²) in [6, 6.07) is 9.66. The zero-order valence-corrected chi connectivity index (χ0v) is 23.0. The molecule has 0 radical (unpaired) electrons. The SMILES string of the molecule is Cc1cc(O)ccc1S(=O)(=O)NCN1C2CCC1CC(NC(=O)n1c(=O)n(C)c3cc(C(C)C)ccc31)C2. The summed E-state index contributed by atoms with van der Waals surface area (Å²) >= 11 is 0. The first-order valence-electron chi connectivity index (χ1n) is 13.0. The number of sulfonamides is 1. The molecule has 0 spiro atoms. The molecule has 2 unspecified atom stereocenters. The van der Waals surface area contributed by atoms with Gasteiger partial charge in [-0.3, -0.25) is 9.47 Å². The van der Waals surface area contributed by atoms with E-state index in [-0.39, 0.29) is 41.1 Å². The minimum Gasteiger partial charge on any atom is -0.508 e. The molecule has 3 heterocycles. The van der Waals surface area contributed by atoms with E-state index in [1.165, 1.54) is 27.3 Å². The predicted octanol–water partition coefficient (Wildman–Crippen LogP) is 2.97. The van der Waals surface area contributed by atoms with Gasteiger partial charge in [0, 0.05) is 25.2 Å². The lowest BCUT2D eigenvalue weighted by atomic mass is 9.98. The fourth-order valence-corrected chi connectivity index (χ4v) is 7.18. The Kier molecular flexibility index (Phi) is 6.87. The maximum Gasteiger partial charge on any atom is 0.337 e. The van der Waals surface area contributed by atoms with Crippen LogP contribution in [0.5, 0.6) is 5.75 Å². The zero-order valence-electron chi connectivity index (χ0n) is 22.1. The molecule has 2 aliphatic rings. The number of piperidine rings is 1. The van der Waals surface area contributed by atoms with Gasteiger partial charge in [0.15, 0.2) is 0 Å². The van der Waals surface area contributed by atoms with Crippen molar-refractivity contribution in [3.05, 3.63) is 58.0 Å². The van der Waals surface area contributed by atoms with Crippen LogP contribution in [0.1, 0.15) is 56.6 Å². The fourth-order valence-electron chi connectivity index (χ4n) is 5.97. The lowest BCUT2D eigenvalue weighted by Gasteiger charge is -2.39. The first-order valence-corrected chi connectivity index (χ1v) is 14.5. The lowest BCUT2D eigenvalue weighted by Crippen LogP contribution is -2.54. The van der Waals surface area contributed by atoms with Crippen LogP contribution in [0.3, 0.4) is 0 Å². The molecule has 2 saturated heterocycles. The number of aromatic hydroxyl groups is 1. The van der Waals surface area contributed by atoms with Crippen molar-refractivity contribution >= 4 is 27.1 Å². The second-order valence-corrected chi connectivity index (χ2v) is 12.6. The van der Waals surface area contributed by atoms with E-state index in [0.717, 1.165) is 23.9 Å². The van der Waals surface area contributed by atoms with E-state index >= 15 is 0 Å². The molecular weight excluding hydrogens is 506 g/mol. The number of amides is 1. The van der Waals surface area contributed by atoms with Gasteiger partial charge in [0.05, 0.1) is 22.6 Å². The molecule has 2 aliphatic heterocycles. The van der Waals surface area contributed by atoms with Gasteiger partial charge >= 0.3 is 11.7 Å². The molecule has 3 N–H and O–H groups in total. The molecule has 2 atom stereocenters. The third kappa shape index (κ3) is 4.74. The van der Waals surface area contributed by atoms with E-state index < -0.39 is 16.1 Å². The van der Waals surface area contributed by atoms with E-state index in [9.17, 15) is 23.1 Å². The summed E-state index contributed by atoms with van der Waals surface area (Å²) in [4.78, 5) is 28.5. The van der Waals surface area contributed by atoms with Crippen LogP contribution in [-0.4, -0.2) is 58.4 Å². The smallest absolute Gasteiger partial charge is 0.337 e. The van der Waals surface area contributed by atoms with Crippen LogP contribution in [0.15, 0.2) is 46.1 Å². The number of phenolic OH excluding ortho intramolecular Hbond substituents is 1. The maximum atomic E-state index is 13.3. The largest absolute Gasteiger partial charge is 0.508 e. The summed E-state index contributed by atoms with van der Waals surface area (Å²) in [5.41, 5.74) is 2.51. The minimum absolute atomic E-state index is 0.0229. The number of phenols is 1. The topological polar surface area (TPSA) is 126 Å². The van der Waals surface area contributed by atoms with Gasteiger partial charge < -0.3 is 10.4 Å². The highest BCUT2D eigenvalue weighted by Crippen LogP contribution is 2.35. The number of rotatable bonds is 6. The number of carbonyl (C=O) groups is 1. The quantitative estimate of drug-likeness (QED) is 0.441. The summed E-state index contributed by atoms with van der Waals surface area (Å²) in [5.74, 6) is 0.330. The Balaban J connectivity index is 1.27. The summed E-state index contributed by atoms with van der Waals surface area (Å²) in [7, 11) is -2.06. The number of nitrogens with zero attached hydrogens (tertiary/aromatic N) is 3. The molecular formula is C27H35N5O5S. The van der Waals surface area contributed by atoms with Crippen LogP contribution < -0.4 is 15.7 Å². The Morgan fingerprint density at radius 2 is 1.76 bits per heavy atom. The molecule has 2 fully saturated rings. The van der Waals surface area contributed by atoms with Gasteiger partial charge in [-0.2, -0.15) is 4.72 Å². The van der Waals surface area contributed by atoms with Crippen molar-refractivity contribution < 1.29 is 18.3 Å². The molecule has 1 amide bonds. The van der Waals surface area contributed by atoms with E-state index in [0.29, 0.717) is 29.8 Å². The molecule has 38 heavy (non-hydrogen) atoms. The van der Waals surface area contributed by atoms with E-state index in [1.807, 2.05) is 18.2 Å². The Labute approximate surface area is 222 Å². The monoisotopic (exact) mass is 541 g/mol. The van der Waals surface area contributed by atoms with Crippen molar-refractivity contribution in [2.45, 2.75) is 75.4 Å². The van der Waals surface area contributed by atoms with Crippen LogP contribution in [0.4, 0.5) is 4.79 Å². The number of hydrogen-bond donors (Lipinski definition) is 3. The van der Waals surface area contributed by atoms with Gasteiger partial charge in [0.1, 0.15) is 5.75 Å². The number of hydrogen-bond acceptors (Lipinski definition) is 6. The molecule has 5 rings (SSSR count). The maximum absolute atomic E-state index is 13.3. The number of aromatic nitrogens is 2. The van der Waals surface area contributed by atoms with Crippen molar-refractivity contribution in [3.8, 4) is 5.75 Å². The van der Waals surface area contributed by atoms with Gasteiger partial charge in [-0.05, 0) is 80.0 Å². The van der Waals surface area contributed by atoms with E-state index in [4.69, 9.17) is 0 Å². The van der Waals surface area contributed by atoms with Crippen molar-refractivity contribution in [2.75, 3.05) is 6.67 Å². The summed E-state index contributed by atoms with van der Waals surface area (Å²) < 4.78 is 31.2. The third-order valence-corrected chi connectivity index (χ3v) is 9.59. The van der Waals surface area contributed by atoms with E-state index in [1.54, 1.807) is 14.0 Å². The van der Waals surface area contributed by atoms with Crippen LogP contribution in [0.2, 0.25) is 0 Å². The highest BCUT2D eigenvalue weighted by molar-refractivity contribution is 7.89. The number of benzene rings is 2. The average Bonchev–Trinajstić information content (AvgIpc) is 3.25. The van der Waals surface area contributed by atoms with Crippen molar-refractivity contribution in [1.82, 2.24) is 24.1 Å². The first kappa shape index (κ1) is 26.5. The fraction of sp³-hybridized carbons (Fsp3) is 0.481. The predicted molar refractivity (Wildman–Crippen MR) is 145 cm³/mol. The molecule has 2 aromatic carbocycles. The molecule has 204 valence electrons. The van der Waals surface area contributed by atoms with Gasteiger partial charge in [-0.25, -0.2) is 22.6 Å². The molecule has 2 bridgehead atoms. The number of nitrogens with one attached hydrogen (secondary N) is 2. The van der Waals surface area contributed by atoms with Crippen molar-refractivity contribution in [1.29, 1.82) is 0 Å². The molecule has 0 saturated carbocycles. The summed E-state index contributed by atoms with van der Waals surface area (Å²) in [5, 5.41) is 12.7. The Morgan fingerprint density at radius 1 is 1.08 bits per heavy atom. The van der Waals surface area contributed by atoms with Crippen LogP contribution in [0, 0.1) is 6.92 Å². The Morgan fingerprint density at radius 3 is 2.39 bits per heavy atom. The van der Waals surface area contributed by atoms with Crippen LogP contribution >= 0.6 is 0 Å². The first-order chi connectivity index (χ1) is 18.0. The highest BCUT2D eigenvalue weighted by atomic mass is 32.2. The average molecular weight is 542 g/mol. The Bertz CT molecular complexity index is 1540. The molecule has 0 aliphatic carbocycles. The molecule has 1 aromatic heterocycles. The molecule has 10 nitrogen and oxygen atoms in total. The minimum atomic E-state index is -3.74.